The number of likely N-dealkylation sites (N-methyl/N-ethyl adjacent to an activating group) is 1. The van der Waals surface area contributed by atoms with E-state index in [1.165, 1.54) is 7.11 Å². The van der Waals surface area contributed by atoms with Crippen molar-refractivity contribution in [3.63, 3.8) is 0 Å². The van der Waals surface area contributed by atoms with Gasteiger partial charge in [-0.25, -0.2) is 19.3 Å². The molecule has 3 aromatic heterocycles. The summed E-state index contributed by atoms with van der Waals surface area (Å²) in [5, 5.41) is 16.6. The van der Waals surface area contributed by atoms with Crippen LogP contribution in [-0.4, -0.2) is 81.9 Å². The first-order valence-corrected chi connectivity index (χ1v) is 12.5. The molecule has 1 amide bonds. The number of aromatic nitrogens is 5. The molecule has 0 saturated carbocycles. The van der Waals surface area contributed by atoms with Gasteiger partial charge in [-0.15, -0.1) is 0 Å². The van der Waals surface area contributed by atoms with E-state index in [-0.39, 0.29) is 18.1 Å². The van der Waals surface area contributed by atoms with Gasteiger partial charge in [-0.05, 0) is 31.7 Å². The maximum absolute atomic E-state index is 14.2. The predicted molar refractivity (Wildman–Crippen MR) is 142 cm³/mol. The molecule has 1 atom stereocenters. The van der Waals surface area contributed by atoms with Crippen molar-refractivity contribution in [3.05, 3.63) is 65.2 Å². The highest BCUT2D eigenvalue weighted by atomic mass is 19.1. The molecule has 1 aliphatic rings. The number of fused-ring (bicyclic) bond motifs is 1. The van der Waals surface area contributed by atoms with Gasteiger partial charge in [-0.3, -0.25) is 4.79 Å². The average molecular weight is 530 g/mol. The summed E-state index contributed by atoms with van der Waals surface area (Å²) in [7, 11) is 3.49. The molecule has 4 aromatic rings. The van der Waals surface area contributed by atoms with Gasteiger partial charge in [0, 0.05) is 38.3 Å². The second kappa shape index (κ2) is 11.0. The lowest BCUT2D eigenvalue weighted by atomic mass is 10.1. The van der Waals surface area contributed by atoms with Crippen LogP contribution in [0.5, 0.6) is 5.75 Å². The predicted octanol–water partition coefficient (Wildman–Crippen LogP) is 2.39. The van der Waals surface area contributed by atoms with Crippen LogP contribution in [-0.2, 0) is 6.54 Å². The Kier molecular flexibility index (Phi) is 7.33. The van der Waals surface area contributed by atoms with Crippen molar-refractivity contribution in [3.8, 4) is 23.2 Å². The number of hydrogen-bond acceptors (Lipinski definition) is 9. The smallest absolute Gasteiger partial charge is 0.270 e. The molecule has 1 aromatic carbocycles. The normalized spacial score (nSPS) is 15.8. The Balaban J connectivity index is 1.55. The highest BCUT2D eigenvalue weighted by Crippen LogP contribution is 2.30. The first-order valence-electron chi connectivity index (χ1n) is 12.5. The van der Waals surface area contributed by atoms with E-state index in [0.29, 0.717) is 53.1 Å². The van der Waals surface area contributed by atoms with Crippen molar-refractivity contribution in [1.29, 1.82) is 5.26 Å². The number of nitrogens with one attached hydrogen (secondary N) is 1. The minimum Gasteiger partial charge on any atom is -0.493 e. The number of rotatable bonds is 7. The number of carbonyl (C=O) groups excluding carboxylic acids is 1. The van der Waals surface area contributed by atoms with Crippen LogP contribution in [0.1, 0.15) is 27.4 Å². The molecule has 0 spiro atoms. The number of alkyl halides is 1. The van der Waals surface area contributed by atoms with Crippen molar-refractivity contribution in [2.75, 3.05) is 45.4 Å². The summed E-state index contributed by atoms with van der Waals surface area (Å²) in [6.45, 7) is 3.30. The largest absolute Gasteiger partial charge is 0.493 e. The molecule has 4 heterocycles. The summed E-state index contributed by atoms with van der Waals surface area (Å²) >= 11 is 0. The minimum absolute atomic E-state index is 0.181. The third-order valence-electron chi connectivity index (χ3n) is 6.67. The van der Waals surface area contributed by atoms with Gasteiger partial charge in [0.05, 0.1) is 31.0 Å². The number of amides is 1. The molecule has 1 fully saturated rings. The average Bonchev–Trinajstić information content (AvgIpc) is 3.40. The third-order valence-corrected chi connectivity index (χ3v) is 6.67. The molecule has 200 valence electrons. The summed E-state index contributed by atoms with van der Waals surface area (Å²) in [6.07, 6.45) is 1.58. The van der Waals surface area contributed by atoms with Crippen molar-refractivity contribution < 1.29 is 13.9 Å². The molecule has 39 heavy (non-hydrogen) atoms. The lowest BCUT2D eigenvalue weighted by molar-refractivity contribution is 0.0946. The molecule has 11 nitrogen and oxygen atoms in total. The number of piperazine rings is 1. The van der Waals surface area contributed by atoms with Crippen molar-refractivity contribution in [2.24, 2.45) is 0 Å². The Labute approximate surface area is 224 Å². The number of aryl methyl sites for hydroxylation is 1. The number of carbonyl (C=O) groups is 1. The lowest BCUT2D eigenvalue weighted by Crippen LogP contribution is -2.53. The molecular weight excluding hydrogens is 501 g/mol. The van der Waals surface area contributed by atoms with Crippen LogP contribution in [0.15, 0.2) is 42.6 Å². The van der Waals surface area contributed by atoms with Gasteiger partial charge in [0.1, 0.15) is 35.4 Å². The third kappa shape index (κ3) is 5.35. The number of ether oxygens (including phenoxy) is 1. The van der Waals surface area contributed by atoms with Crippen molar-refractivity contribution in [1.82, 2.24) is 34.8 Å². The molecule has 12 heteroatoms. The van der Waals surface area contributed by atoms with Crippen LogP contribution in [0, 0.1) is 18.3 Å². The number of methoxy groups -OCH3 is 1. The van der Waals surface area contributed by atoms with Gasteiger partial charge in [0.2, 0.25) is 0 Å². The Morgan fingerprint density at radius 3 is 2.74 bits per heavy atom. The number of hydrogen-bond donors (Lipinski definition) is 1. The number of nitriles is 1. The molecule has 0 bridgehead atoms. The van der Waals surface area contributed by atoms with Crippen LogP contribution in [0.3, 0.4) is 0 Å². The van der Waals surface area contributed by atoms with E-state index >= 15 is 0 Å². The Bertz CT molecular complexity index is 1550. The summed E-state index contributed by atoms with van der Waals surface area (Å²) in [6, 6.07) is 12.0. The van der Waals surface area contributed by atoms with Crippen molar-refractivity contribution >= 4 is 17.4 Å². The summed E-state index contributed by atoms with van der Waals surface area (Å²) in [5.41, 5.74) is 2.98. The van der Waals surface area contributed by atoms with Crippen molar-refractivity contribution in [2.45, 2.75) is 19.5 Å². The van der Waals surface area contributed by atoms with Gasteiger partial charge in [0.25, 0.3) is 5.91 Å². The number of benzene rings is 1. The second-order valence-corrected chi connectivity index (χ2v) is 9.39. The minimum atomic E-state index is -0.554. The molecule has 5 rings (SSSR count). The molecular formula is C27H28FN9O2. The van der Waals surface area contributed by atoms with Crippen LogP contribution >= 0.6 is 0 Å². The van der Waals surface area contributed by atoms with Gasteiger partial charge in [-0.1, -0.05) is 12.1 Å². The summed E-state index contributed by atoms with van der Waals surface area (Å²) in [4.78, 5) is 30.5. The zero-order chi connectivity index (χ0) is 27.5. The SMILES string of the molecule is COc1cnc(C)nc1-c1cc2nc(C(=O)NCc3ccc(C#N)cc3)cc(N3CCN(C)C[C@H]3CF)n2n1. The lowest BCUT2D eigenvalue weighted by Gasteiger charge is -2.40. The first kappa shape index (κ1) is 26.0. The van der Waals surface area contributed by atoms with E-state index in [2.05, 4.69) is 31.2 Å². The molecule has 0 unspecified atom stereocenters. The fraction of sp³-hybridized carbons (Fsp3) is 0.333. The maximum atomic E-state index is 14.2. The van der Waals surface area contributed by atoms with E-state index in [1.807, 2.05) is 11.9 Å². The Morgan fingerprint density at radius 1 is 1.23 bits per heavy atom. The van der Waals surface area contributed by atoms with E-state index in [1.54, 1.807) is 54.0 Å². The highest BCUT2D eigenvalue weighted by molar-refractivity contribution is 5.93. The number of anilines is 1. The number of nitrogens with zero attached hydrogens (tertiary/aromatic N) is 8. The molecule has 1 saturated heterocycles. The quantitative estimate of drug-likeness (QED) is 0.384. The monoisotopic (exact) mass is 529 g/mol. The zero-order valence-corrected chi connectivity index (χ0v) is 21.9. The van der Waals surface area contributed by atoms with E-state index in [4.69, 9.17) is 15.1 Å². The highest BCUT2D eigenvalue weighted by Gasteiger charge is 2.29. The fourth-order valence-corrected chi connectivity index (χ4v) is 4.60. The van der Waals surface area contributed by atoms with E-state index in [9.17, 15) is 9.18 Å². The van der Waals surface area contributed by atoms with Gasteiger partial charge in [0.15, 0.2) is 11.4 Å². The molecule has 1 N–H and O–H groups in total. The molecule has 1 aliphatic heterocycles. The standard InChI is InChI=1S/C27H28FN9O2/c1-17-30-15-23(39-3)26(32-17)21-10-24-33-22(27(38)31-14-19-6-4-18(13-29)5-7-19)11-25(37(24)34-21)36-9-8-35(2)16-20(36)12-28/h4-7,10-11,15,20H,8-9,12,14,16H2,1-3H3,(H,31,38)/t20-/m1/s1. The summed E-state index contributed by atoms with van der Waals surface area (Å²) in [5.74, 6) is 1.19. The van der Waals surface area contributed by atoms with Crippen LogP contribution in [0.2, 0.25) is 0 Å². The Hall–Kier alpha value is -4.63. The first-order chi connectivity index (χ1) is 18.9. The van der Waals surface area contributed by atoms with Crippen LogP contribution < -0.4 is 15.0 Å². The maximum Gasteiger partial charge on any atom is 0.270 e. The topological polar surface area (TPSA) is 125 Å². The fourth-order valence-electron chi connectivity index (χ4n) is 4.60. The van der Waals surface area contributed by atoms with Gasteiger partial charge in [-0.2, -0.15) is 14.9 Å². The van der Waals surface area contributed by atoms with Crippen LogP contribution in [0.4, 0.5) is 10.2 Å². The molecule has 0 aliphatic carbocycles. The van der Waals surface area contributed by atoms with E-state index in [0.717, 1.165) is 12.1 Å². The van der Waals surface area contributed by atoms with Crippen LogP contribution in [0.25, 0.3) is 17.0 Å². The second-order valence-electron chi connectivity index (χ2n) is 9.39. The Morgan fingerprint density at radius 2 is 2.03 bits per heavy atom. The van der Waals surface area contributed by atoms with Gasteiger partial charge >= 0.3 is 0 Å². The number of halogens is 1. The van der Waals surface area contributed by atoms with E-state index < -0.39 is 12.7 Å². The molecule has 0 radical (unpaired) electrons. The van der Waals surface area contributed by atoms with Gasteiger partial charge < -0.3 is 19.9 Å². The zero-order valence-electron chi connectivity index (χ0n) is 21.9. The summed E-state index contributed by atoms with van der Waals surface area (Å²) < 4.78 is 21.3.